The second-order valence-electron chi connectivity index (χ2n) is 4.17. The lowest BCUT2D eigenvalue weighted by Gasteiger charge is -2.24. The molecule has 2 aromatic heterocycles. The van der Waals surface area contributed by atoms with E-state index in [-0.39, 0.29) is 12.2 Å². The fourth-order valence-corrected chi connectivity index (χ4v) is 2.09. The second-order valence-corrected chi connectivity index (χ2v) is 4.17. The van der Waals surface area contributed by atoms with Gasteiger partial charge in [-0.05, 0) is 18.6 Å². The lowest BCUT2D eigenvalue weighted by Crippen LogP contribution is -2.23. The standard InChI is InChI=1S/C12H14N2O2/c15-9-4-6-16-11(7-9)10-8-14-5-2-1-3-12(14)13-10/h1-3,5,8-9,11,15H,4,6-7H2. The molecule has 0 radical (unpaired) electrons. The maximum Gasteiger partial charge on any atom is 0.137 e. The highest BCUT2D eigenvalue weighted by atomic mass is 16.5. The van der Waals surface area contributed by atoms with Gasteiger partial charge in [-0.1, -0.05) is 6.07 Å². The summed E-state index contributed by atoms with van der Waals surface area (Å²) in [6.07, 6.45) is 4.98. The topological polar surface area (TPSA) is 46.8 Å². The number of rotatable bonds is 1. The molecule has 2 unspecified atom stereocenters. The number of nitrogens with zero attached hydrogens (tertiary/aromatic N) is 2. The van der Waals surface area contributed by atoms with Gasteiger partial charge in [-0.2, -0.15) is 0 Å². The third-order valence-electron chi connectivity index (χ3n) is 2.97. The Morgan fingerprint density at radius 1 is 1.44 bits per heavy atom. The molecule has 1 N–H and O–H groups in total. The molecule has 0 saturated carbocycles. The minimum Gasteiger partial charge on any atom is -0.393 e. The minimum absolute atomic E-state index is 0.0661. The number of hydrogen-bond acceptors (Lipinski definition) is 3. The Balaban J connectivity index is 1.93. The third kappa shape index (κ3) is 1.70. The molecule has 84 valence electrons. The molecule has 3 heterocycles. The van der Waals surface area contributed by atoms with E-state index >= 15 is 0 Å². The van der Waals surface area contributed by atoms with Crippen LogP contribution in [0.3, 0.4) is 0 Å². The number of aliphatic hydroxyl groups is 1. The molecule has 4 nitrogen and oxygen atoms in total. The van der Waals surface area contributed by atoms with Crippen LogP contribution in [0.1, 0.15) is 24.6 Å². The normalized spacial score (nSPS) is 26.1. The molecule has 16 heavy (non-hydrogen) atoms. The van der Waals surface area contributed by atoms with Crippen LogP contribution in [0.4, 0.5) is 0 Å². The fourth-order valence-electron chi connectivity index (χ4n) is 2.09. The Kier molecular flexibility index (Phi) is 2.38. The van der Waals surface area contributed by atoms with Crippen LogP contribution in [0.25, 0.3) is 5.65 Å². The van der Waals surface area contributed by atoms with Crippen LogP contribution in [0.15, 0.2) is 30.6 Å². The van der Waals surface area contributed by atoms with Crippen LogP contribution < -0.4 is 0 Å². The number of aliphatic hydroxyl groups excluding tert-OH is 1. The molecule has 0 amide bonds. The maximum atomic E-state index is 9.60. The van der Waals surface area contributed by atoms with E-state index in [9.17, 15) is 5.11 Å². The van der Waals surface area contributed by atoms with Gasteiger partial charge in [-0.3, -0.25) is 0 Å². The first-order valence-electron chi connectivity index (χ1n) is 5.56. The van der Waals surface area contributed by atoms with Gasteiger partial charge in [0.1, 0.15) is 11.8 Å². The first-order valence-corrected chi connectivity index (χ1v) is 5.56. The zero-order chi connectivity index (χ0) is 11.0. The Morgan fingerprint density at radius 3 is 3.19 bits per heavy atom. The Labute approximate surface area is 93.5 Å². The fraction of sp³-hybridized carbons (Fsp3) is 0.417. The van der Waals surface area contributed by atoms with Crippen LogP contribution in [0.5, 0.6) is 0 Å². The molecule has 0 aliphatic carbocycles. The number of hydrogen-bond donors (Lipinski definition) is 1. The largest absolute Gasteiger partial charge is 0.393 e. The molecule has 1 saturated heterocycles. The summed E-state index contributed by atoms with van der Waals surface area (Å²) < 4.78 is 7.60. The van der Waals surface area contributed by atoms with Crippen molar-refractivity contribution in [2.75, 3.05) is 6.61 Å². The summed E-state index contributed by atoms with van der Waals surface area (Å²) in [5, 5.41) is 9.60. The van der Waals surface area contributed by atoms with E-state index in [1.807, 2.05) is 35.0 Å². The molecule has 0 bridgehead atoms. The summed E-state index contributed by atoms with van der Waals surface area (Å²) in [6.45, 7) is 0.611. The summed E-state index contributed by atoms with van der Waals surface area (Å²) in [5.74, 6) is 0. The van der Waals surface area contributed by atoms with E-state index in [2.05, 4.69) is 4.98 Å². The van der Waals surface area contributed by atoms with Gasteiger partial charge in [-0.15, -0.1) is 0 Å². The van der Waals surface area contributed by atoms with E-state index in [0.29, 0.717) is 13.0 Å². The summed E-state index contributed by atoms with van der Waals surface area (Å²) in [7, 11) is 0. The number of aromatic nitrogens is 2. The van der Waals surface area contributed by atoms with Crippen molar-refractivity contribution in [3.8, 4) is 0 Å². The van der Waals surface area contributed by atoms with Gasteiger partial charge in [0.2, 0.25) is 0 Å². The lowest BCUT2D eigenvalue weighted by atomic mass is 10.0. The Bertz CT molecular complexity index is 461. The van der Waals surface area contributed by atoms with Crippen molar-refractivity contribution in [3.05, 3.63) is 36.3 Å². The van der Waals surface area contributed by atoms with Crippen molar-refractivity contribution in [2.45, 2.75) is 25.0 Å². The molecule has 1 fully saturated rings. The van der Waals surface area contributed by atoms with Gasteiger partial charge < -0.3 is 14.2 Å². The van der Waals surface area contributed by atoms with Crippen molar-refractivity contribution in [1.29, 1.82) is 0 Å². The highest BCUT2D eigenvalue weighted by molar-refractivity contribution is 5.39. The lowest BCUT2D eigenvalue weighted by molar-refractivity contribution is -0.0464. The molecule has 2 atom stereocenters. The maximum absolute atomic E-state index is 9.60. The third-order valence-corrected chi connectivity index (χ3v) is 2.97. The summed E-state index contributed by atoms with van der Waals surface area (Å²) in [6, 6.07) is 5.89. The monoisotopic (exact) mass is 218 g/mol. The zero-order valence-corrected chi connectivity index (χ0v) is 8.91. The average Bonchev–Trinajstić information content (AvgIpc) is 2.72. The predicted octanol–water partition coefficient (Wildman–Crippen LogP) is 1.55. The van der Waals surface area contributed by atoms with Crippen LogP contribution in [0, 0.1) is 0 Å². The molecular weight excluding hydrogens is 204 g/mol. The minimum atomic E-state index is -0.261. The highest BCUT2D eigenvalue weighted by Crippen LogP contribution is 2.27. The van der Waals surface area contributed by atoms with Gasteiger partial charge in [0.15, 0.2) is 0 Å². The SMILES string of the molecule is OC1CCOC(c2cn3ccccc3n2)C1. The van der Waals surface area contributed by atoms with E-state index in [1.165, 1.54) is 0 Å². The number of imidazole rings is 1. The molecule has 3 rings (SSSR count). The van der Waals surface area contributed by atoms with Gasteiger partial charge in [-0.25, -0.2) is 4.98 Å². The number of ether oxygens (including phenoxy) is 1. The molecule has 4 heteroatoms. The summed E-state index contributed by atoms with van der Waals surface area (Å²) in [4.78, 5) is 4.50. The highest BCUT2D eigenvalue weighted by Gasteiger charge is 2.24. The van der Waals surface area contributed by atoms with Gasteiger partial charge in [0, 0.05) is 25.4 Å². The van der Waals surface area contributed by atoms with Crippen LogP contribution in [0.2, 0.25) is 0 Å². The first kappa shape index (κ1) is 9.81. The molecular formula is C12H14N2O2. The van der Waals surface area contributed by atoms with Crippen molar-refractivity contribution in [3.63, 3.8) is 0 Å². The predicted molar refractivity (Wildman–Crippen MR) is 59.1 cm³/mol. The summed E-state index contributed by atoms with van der Waals surface area (Å²) >= 11 is 0. The summed E-state index contributed by atoms with van der Waals surface area (Å²) in [5.41, 5.74) is 1.83. The van der Waals surface area contributed by atoms with Crippen molar-refractivity contribution in [2.24, 2.45) is 0 Å². The van der Waals surface area contributed by atoms with Crippen molar-refractivity contribution in [1.82, 2.24) is 9.38 Å². The molecule has 2 aromatic rings. The zero-order valence-electron chi connectivity index (χ0n) is 8.91. The van der Waals surface area contributed by atoms with Crippen molar-refractivity contribution >= 4 is 5.65 Å². The molecule has 1 aliphatic rings. The van der Waals surface area contributed by atoms with Gasteiger partial charge in [0.25, 0.3) is 0 Å². The number of fused-ring (bicyclic) bond motifs is 1. The van der Waals surface area contributed by atoms with Crippen molar-refractivity contribution < 1.29 is 9.84 Å². The van der Waals surface area contributed by atoms with Crippen LogP contribution >= 0.6 is 0 Å². The molecule has 1 aliphatic heterocycles. The molecule has 0 spiro atoms. The Hall–Kier alpha value is -1.39. The van der Waals surface area contributed by atoms with E-state index in [4.69, 9.17) is 4.74 Å². The Morgan fingerprint density at radius 2 is 2.38 bits per heavy atom. The van der Waals surface area contributed by atoms with E-state index in [0.717, 1.165) is 17.8 Å². The average molecular weight is 218 g/mol. The first-order chi connectivity index (χ1) is 7.83. The molecule has 0 aromatic carbocycles. The van der Waals surface area contributed by atoms with Crippen LogP contribution in [-0.2, 0) is 4.74 Å². The smallest absolute Gasteiger partial charge is 0.137 e. The van der Waals surface area contributed by atoms with Crippen LogP contribution in [-0.4, -0.2) is 27.2 Å². The quantitative estimate of drug-likeness (QED) is 0.790. The number of pyridine rings is 1. The second kappa shape index (κ2) is 3.88. The van der Waals surface area contributed by atoms with E-state index < -0.39 is 0 Å². The van der Waals surface area contributed by atoms with Gasteiger partial charge in [0.05, 0.1) is 11.8 Å². The van der Waals surface area contributed by atoms with E-state index in [1.54, 1.807) is 0 Å². The van der Waals surface area contributed by atoms with Gasteiger partial charge >= 0.3 is 0 Å².